The first kappa shape index (κ1) is 38.5. The van der Waals surface area contributed by atoms with Gasteiger partial charge < -0.3 is 4.90 Å². The molecule has 0 saturated heterocycles. The summed E-state index contributed by atoms with van der Waals surface area (Å²) >= 11 is 0. The Bertz CT molecular complexity index is 3420. The predicted molar refractivity (Wildman–Crippen MR) is 273 cm³/mol. The molecule has 0 saturated carbocycles. The summed E-state index contributed by atoms with van der Waals surface area (Å²) in [5.74, 6) is 0. The summed E-state index contributed by atoms with van der Waals surface area (Å²) in [5, 5.41) is 0. The van der Waals surface area contributed by atoms with Crippen molar-refractivity contribution in [3.63, 3.8) is 0 Å². The van der Waals surface area contributed by atoms with E-state index in [9.17, 15) is 0 Å². The van der Waals surface area contributed by atoms with E-state index in [4.69, 9.17) is 0 Å². The Morgan fingerprint density at radius 2 is 0.636 bits per heavy atom. The number of hydrogen-bond donors (Lipinski definition) is 0. The molecule has 0 heterocycles. The minimum atomic E-state index is -0.480. The molecule has 312 valence electrons. The van der Waals surface area contributed by atoms with Gasteiger partial charge in [0.1, 0.15) is 0 Å². The predicted octanol–water partition coefficient (Wildman–Crippen LogP) is 16.2. The first-order valence-electron chi connectivity index (χ1n) is 23.3. The van der Waals surface area contributed by atoms with Crippen molar-refractivity contribution in [1.29, 1.82) is 0 Å². The van der Waals surface area contributed by atoms with Gasteiger partial charge in [0.15, 0.2) is 0 Å². The summed E-state index contributed by atoms with van der Waals surface area (Å²) in [6.45, 7) is 4.78. The van der Waals surface area contributed by atoms with Crippen LogP contribution in [0.5, 0.6) is 0 Å². The molecule has 1 spiro atoms. The molecule has 0 amide bonds. The van der Waals surface area contributed by atoms with Crippen molar-refractivity contribution in [3.8, 4) is 33.4 Å². The standard InChI is InChI=1S/C65H47N/c1-63(2)58-33-17-19-35-60(58)65(61-36-20-18-34-59(61)63)55-32-16-13-30-51(55)53-43-48(39-41-57(53)65)66(62-37-21-14-28-49(62)44-22-6-3-7-23-44)47-38-40-56-52(42-47)50-29-12-15-31-54(50)64(56,45-24-8-4-9-25-45)46-26-10-5-11-27-46/h3-43H,1-2H3. The summed E-state index contributed by atoms with van der Waals surface area (Å²) in [6.07, 6.45) is 0. The highest BCUT2D eigenvalue weighted by Crippen LogP contribution is 2.63. The Morgan fingerprint density at radius 3 is 1.15 bits per heavy atom. The Balaban J connectivity index is 1.08. The smallest absolute Gasteiger partial charge is 0.0719 e. The molecule has 0 unspecified atom stereocenters. The highest BCUT2D eigenvalue weighted by molar-refractivity contribution is 5.96. The van der Waals surface area contributed by atoms with Crippen LogP contribution < -0.4 is 4.90 Å². The Labute approximate surface area is 388 Å². The third-order valence-electron chi connectivity index (χ3n) is 15.2. The van der Waals surface area contributed by atoms with Crippen LogP contribution in [-0.4, -0.2) is 0 Å². The van der Waals surface area contributed by atoms with Crippen molar-refractivity contribution in [2.24, 2.45) is 0 Å². The number of benzene rings is 10. The van der Waals surface area contributed by atoms with E-state index < -0.39 is 10.8 Å². The maximum Gasteiger partial charge on any atom is 0.0719 e. The van der Waals surface area contributed by atoms with Crippen LogP contribution in [0, 0.1) is 0 Å². The first-order chi connectivity index (χ1) is 32.5. The van der Waals surface area contributed by atoms with E-state index in [-0.39, 0.29) is 5.41 Å². The molecule has 0 aliphatic heterocycles. The molecule has 3 aliphatic rings. The fraction of sp³-hybridized carbons (Fsp3) is 0.0769. The maximum absolute atomic E-state index is 2.51. The number of anilines is 3. The monoisotopic (exact) mass is 841 g/mol. The summed E-state index contributed by atoms with van der Waals surface area (Å²) < 4.78 is 0. The normalized spacial score (nSPS) is 14.9. The molecule has 0 N–H and O–H groups in total. The van der Waals surface area contributed by atoms with Gasteiger partial charge in [0.25, 0.3) is 0 Å². The van der Waals surface area contributed by atoms with Crippen LogP contribution in [0.3, 0.4) is 0 Å². The largest absolute Gasteiger partial charge is 0.310 e. The quantitative estimate of drug-likeness (QED) is 0.161. The van der Waals surface area contributed by atoms with Gasteiger partial charge in [-0.15, -0.1) is 0 Å². The van der Waals surface area contributed by atoms with Gasteiger partial charge in [0.05, 0.1) is 16.5 Å². The zero-order valence-electron chi connectivity index (χ0n) is 37.1. The van der Waals surface area contributed by atoms with Crippen LogP contribution in [0.2, 0.25) is 0 Å². The van der Waals surface area contributed by atoms with Crippen molar-refractivity contribution >= 4 is 17.1 Å². The number of nitrogens with zero attached hydrogens (tertiary/aromatic N) is 1. The van der Waals surface area contributed by atoms with Gasteiger partial charge in [-0.1, -0.05) is 232 Å². The van der Waals surface area contributed by atoms with Crippen molar-refractivity contribution in [2.45, 2.75) is 30.1 Å². The molecule has 0 fully saturated rings. The van der Waals surface area contributed by atoms with Crippen LogP contribution in [-0.2, 0) is 16.2 Å². The van der Waals surface area contributed by atoms with Gasteiger partial charge in [0, 0.05) is 22.4 Å². The number of hydrogen-bond acceptors (Lipinski definition) is 1. The second kappa shape index (κ2) is 14.5. The van der Waals surface area contributed by atoms with Gasteiger partial charge in [-0.05, 0) is 114 Å². The van der Waals surface area contributed by atoms with Gasteiger partial charge in [-0.3, -0.25) is 0 Å². The topological polar surface area (TPSA) is 3.24 Å². The van der Waals surface area contributed by atoms with Crippen molar-refractivity contribution in [1.82, 2.24) is 0 Å². The van der Waals surface area contributed by atoms with E-state index in [1.54, 1.807) is 0 Å². The lowest BCUT2D eigenvalue weighted by molar-refractivity contribution is 0.563. The molecule has 66 heavy (non-hydrogen) atoms. The first-order valence-corrected chi connectivity index (χ1v) is 23.3. The van der Waals surface area contributed by atoms with Gasteiger partial charge in [0.2, 0.25) is 0 Å². The van der Waals surface area contributed by atoms with Crippen LogP contribution in [0.25, 0.3) is 33.4 Å². The molecule has 0 atom stereocenters. The average Bonchev–Trinajstić information content (AvgIpc) is 3.85. The van der Waals surface area contributed by atoms with Gasteiger partial charge >= 0.3 is 0 Å². The maximum atomic E-state index is 2.51. The molecule has 10 aromatic rings. The van der Waals surface area contributed by atoms with Crippen LogP contribution in [0.15, 0.2) is 249 Å². The molecular weight excluding hydrogens is 795 g/mol. The molecule has 3 aliphatic carbocycles. The lowest BCUT2D eigenvalue weighted by Gasteiger charge is -2.46. The van der Waals surface area contributed by atoms with Gasteiger partial charge in [-0.2, -0.15) is 0 Å². The molecular formula is C65H47N. The van der Waals surface area contributed by atoms with Crippen molar-refractivity contribution in [2.75, 3.05) is 4.90 Å². The minimum absolute atomic E-state index is 0.154. The number of para-hydroxylation sites is 1. The molecule has 0 bridgehead atoms. The zero-order valence-corrected chi connectivity index (χ0v) is 37.1. The zero-order chi connectivity index (χ0) is 44.0. The van der Waals surface area contributed by atoms with E-state index >= 15 is 0 Å². The molecule has 1 nitrogen and oxygen atoms in total. The number of rotatable bonds is 6. The summed E-state index contributed by atoms with van der Waals surface area (Å²) in [6, 6.07) is 93.1. The molecule has 0 aromatic heterocycles. The molecule has 1 heteroatoms. The lowest BCUT2D eigenvalue weighted by Crippen LogP contribution is -2.40. The second-order valence-electron chi connectivity index (χ2n) is 18.7. The van der Waals surface area contributed by atoms with E-state index in [2.05, 4.69) is 267 Å². The third-order valence-corrected chi connectivity index (χ3v) is 15.2. The number of fused-ring (bicyclic) bond motifs is 12. The highest BCUT2D eigenvalue weighted by Gasteiger charge is 2.53. The lowest BCUT2D eigenvalue weighted by atomic mass is 9.55. The van der Waals surface area contributed by atoms with Crippen LogP contribution in [0.4, 0.5) is 17.1 Å². The van der Waals surface area contributed by atoms with Crippen molar-refractivity contribution in [3.05, 3.63) is 304 Å². The highest BCUT2D eigenvalue weighted by atomic mass is 15.1. The molecule has 13 rings (SSSR count). The summed E-state index contributed by atoms with van der Waals surface area (Å²) in [7, 11) is 0. The second-order valence-corrected chi connectivity index (χ2v) is 18.7. The van der Waals surface area contributed by atoms with Crippen molar-refractivity contribution < 1.29 is 0 Å². The Hall–Kier alpha value is -8.00. The van der Waals surface area contributed by atoms with E-state index in [1.165, 1.54) is 89.0 Å². The fourth-order valence-electron chi connectivity index (χ4n) is 12.5. The SMILES string of the molecule is CC1(C)c2ccccc2C2(c3ccccc3-c3cc(N(c4ccc5c(c4)-c4ccccc4C5(c4ccccc4)c4ccccc4)c4ccccc4-c4ccccc4)ccc32)c2ccccc21. The minimum Gasteiger partial charge on any atom is -0.310 e. The fourth-order valence-corrected chi connectivity index (χ4v) is 12.5. The van der Waals surface area contributed by atoms with Gasteiger partial charge in [-0.25, -0.2) is 0 Å². The van der Waals surface area contributed by atoms with Crippen LogP contribution >= 0.6 is 0 Å². The Morgan fingerprint density at radius 1 is 0.273 bits per heavy atom. The molecule has 10 aromatic carbocycles. The van der Waals surface area contributed by atoms with Crippen LogP contribution in [0.1, 0.15) is 69.5 Å². The summed E-state index contributed by atoms with van der Waals surface area (Å²) in [5.41, 5.74) is 23.0. The van der Waals surface area contributed by atoms with E-state index in [0.717, 1.165) is 17.1 Å². The third kappa shape index (κ3) is 5.17. The molecule has 0 radical (unpaired) electrons. The summed E-state index contributed by atoms with van der Waals surface area (Å²) in [4.78, 5) is 2.51. The average molecular weight is 842 g/mol. The van der Waals surface area contributed by atoms with E-state index in [1.807, 2.05) is 0 Å². The Kier molecular flexibility index (Phi) is 8.45. The van der Waals surface area contributed by atoms with E-state index in [0.29, 0.717) is 0 Å².